The predicted molar refractivity (Wildman–Crippen MR) is 81.4 cm³/mol. The SMILES string of the molecule is CN(C)CCN(Cc1ccccc1)C(=O)[C@H]1CCCN1. The Balaban J connectivity index is 2.01. The van der Waals surface area contributed by atoms with E-state index < -0.39 is 0 Å². The van der Waals surface area contributed by atoms with Crippen molar-refractivity contribution in [3.8, 4) is 0 Å². The molecule has 0 saturated carbocycles. The van der Waals surface area contributed by atoms with Crippen LogP contribution in [-0.2, 0) is 11.3 Å². The van der Waals surface area contributed by atoms with Crippen molar-refractivity contribution in [2.45, 2.75) is 25.4 Å². The molecule has 1 aromatic carbocycles. The minimum atomic E-state index is 0.0147. The molecule has 1 aromatic rings. The molecular formula is C16H25N3O. The van der Waals surface area contributed by atoms with Gasteiger partial charge in [-0.05, 0) is 39.0 Å². The van der Waals surface area contributed by atoms with E-state index in [9.17, 15) is 4.79 Å². The van der Waals surface area contributed by atoms with Crippen molar-refractivity contribution in [2.75, 3.05) is 33.7 Å². The molecule has 0 spiro atoms. The van der Waals surface area contributed by atoms with Crippen LogP contribution in [0.15, 0.2) is 30.3 Å². The molecule has 0 aromatic heterocycles. The molecule has 20 heavy (non-hydrogen) atoms. The summed E-state index contributed by atoms with van der Waals surface area (Å²) in [6, 6.07) is 10.2. The Morgan fingerprint density at radius 1 is 1.25 bits per heavy atom. The summed E-state index contributed by atoms with van der Waals surface area (Å²) in [7, 11) is 4.08. The second kappa shape index (κ2) is 7.41. The smallest absolute Gasteiger partial charge is 0.240 e. The van der Waals surface area contributed by atoms with Crippen LogP contribution < -0.4 is 5.32 Å². The molecule has 1 atom stereocenters. The Labute approximate surface area is 121 Å². The van der Waals surface area contributed by atoms with Crippen LogP contribution in [0, 0.1) is 0 Å². The van der Waals surface area contributed by atoms with Gasteiger partial charge in [0.25, 0.3) is 0 Å². The maximum absolute atomic E-state index is 12.6. The first-order chi connectivity index (χ1) is 9.66. The molecule has 1 amide bonds. The summed E-state index contributed by atoms with van der Waals surface area (Å²) in [4.78, 5) is 16.7. The fraction of sp³-hybridized carbons (Fsp3) is 0.562. The zero-order chi connectivity index (χ0) is 14.4. The second-order valence-electron chi connectivity index (χ2n) is 5.70. The molecule has 1 fully saturated rings. The summed E-state index contributed by atoms with van der Waals surface area (Å²) in [5, 5.41) is 3.31. The normalized spacial score (nSPS) is 18.4. The maximum Gasteiger partial charge on any atom is 0.240 e. The van der Waals surface area contributed by atoms with Gasteiger partial charge in [-0.1, -0.05) is 30.3 Å². The van der Waals surface area contributed by atoms with Crippen molar-refractivity contribution in [3.05, 3.63) is 35.9 Å². The largest absolute Gasteiger partial charge is 0.336 e. The monoisotopic (exact) mass is 275 g/mol. The van der Waals surface area contributed by atoms with Crippen LogP contribution in [-0.4, -0.2) is 55.5 Å². The van der Waals surface area contributed by atoms with Crippen LogP contribution in [0.25, 0.3) is 0 Å². The first-order valence-corrected chi connectivity index (χ1v) is 7.37. The van der Waals surface area contributed by atoms with Crippen LogP contribution in [0.5, 0.6) is 0 Å². The van der Waals surface area contributed by atoms with Gasteiger partial charge in [0.2, 0.25) is 5.91 Å². The predicted octanol–water partition coefficient (Wildman–Crippen LogP) is 1.33. The number of carbonyl (C=O) groups is 1. The molecule has 4 heteroatoms. The maximum atomic E-state index is 12.6. The molecule has 1 aliphatic rings. The molecule has 0 radical (unpaired) electrons. The lowest BCUT2D eigenvalue weighted by molar-refractivity contribution is -0.133. The highest BCUT2D eigenvalue weighted by Crippen LogP contribution is 2.12. The number of rotatable bonds is 6. The van der Waals surface area contributed by atoms with Crippen LogP contribution in [0.2, 0.25) is 0 Å². The molecule has 0 aliphatic carbocycles. The average molecular weight is 275 g/mol. The summed E-state index contributed by atoms with van der Waals surface area (Å²) >= 11 is 0. The van der Waals surface area contributed by atoms with Crippen molar-refractivity contribution in [3.63, 3.8) is 0 Å². The zero-order valence-corrected chi connectivity index (χ0v) is 12.5. The van der Waals surface area contributed by atoms with E-state index in [1.165, 1.54) is 5.56 Å². The van der Waals surface area contributed by atoms with E-state index in [0.29, 0.717) is 6.54 Å². The number of hydrogen-bond donors (Lipinski definition) is 1. The van der Waals surface area contributed by atoms with Gasteiger partial charge in [0.15, 0.2) is 0 Å². The Hall–Kier alpha value is -1.39. The van der Waals surface area contributed by atoms with E-state index >= 15 is 0 Å². The highest BCUT2D eigenvalue weighted by molar-refractivity contribution is 5.82. The van der Waals surface area contributed by atoms with Gasteiger partial charge in [-0.2, -0.15) is 0 Å². The molecule has 0 bridgehead atoms. The van der Waals surface area contributed by atoms with E-state index in [4.69, 9.17) is 0 Å². The molecule has 2 rings (SSSR count). The van der Waals surface area contributed by atoms with Crippen LogP contribution >= 0.6 is 0 Å². The minimum absolute atomic E-state index is 0.0147. The number of nitrogens with one attached hydrogen (secondary N) is 1. The molecule has 1 N–H and O–H groups in total. The lowest BCUT2D eigenvalue weighted by Gasteiger charge is -2.27. The quantitative estimate of drug-likeness (QED) is 0.851. The van der Waals surface area contributed by atoms with Gasteiger partial charge >= 0.3 is 0 Å². The Bertz CT molecular complexity index is 413. The highest BCUT2D eigenvalue weighted by Gasteiger charge is 2.26. The zero-order valence-electron chi connectivity index (χ0n) is 12.5. The van der Waals surface area contributed by atoms with Gasteiger partial charge in [0, 0.05) is 19.6 Å². The van der Waals surface area contributed by atoms with Crippen molar-refractivity contribution >= 4 is 5.91 Å². The summed E-state index contributed by atoms with van der Waals surface area (Å²) in [6.07, 6.45) is 2.06. The standard InChI is InChI=1S/C16H25N3O/c1-18(2)11-12-19(13-14-7-4-3-5-8-14)16(20)15-9-6-10-17-15/h3-5,7-8,15,17H,6,9-13H2,1-2H3/t15-/m1/s1. The molecule has 1 saturated heterocycles. The summed E-state index contributed by atoms with van der Waals surface area (Å²) in [5.74, 6) is 0.244. The molecule has 0 unspecified atom stereocenters. The van der Waals surface area contributed by atoms with E-state index in [-0.39, 0.29) is 11.9 Å². The van der Waals surface area contributed by atoms with E-state index in [1.807, 2.05) is 37.2 Å². The average Bonchev–Trinajstić information content (AvgIpc) is 2.97. The number of nitrogens with zero attached hydrogens (tertiary/aromatic N) is 2. The van der Waals surface area contributed by atoms with Crippen LogP contribution in [0.1, 0.15) is 18.4 Å². The third kappa shape index (κ3) is 4.32. The van der Waals surface area contributed by atoms with Crippen molar-refractivity contribution in [1.82, 2.24) is 15.1 Å². The van der Waals surface area contributed by atoms with E-state index in [2.05, 4.69) is 22.3 Å². The molecule has 1 aliphatic heterocycles. The molecule has 110 valence electrons. The number of carbonyl (C=O) groups excluding carboxylic acids is 1. The number of amides is 1. The minimum Gasteiger partial charge on any atom is -0.336 e. The summed E-state index contributed by atoms with van der Waals surface area (Å²) in [6.45, 7) is 3.33. The van der Waals surface area contributed by atoms with Gasteiger partial charge in [-0.3, -0.25) is 4.79 Å². The van der Waals surface area contributed by atoms with Crippen molar-refractivity contribution in [2.24, 2.45) is 0 Å². The highest BCUT2D eigenvalue weighted by atomic mass is 16.2. The van der Waals surface area contributed by atoms with Crippen LogP contribution in [0.4, 0.5) is 0 Å². The molecule has 4 nitrogen and oxygen atoms in total. The van der Waals surface area contributed by atoms with Gasteiger partial charge < -0.3 is 15.1 Å². The van der Waals surface area contributed by atoms with Gasteiger partial charge in [-0.25, -0.2) is 0 Å². The van der Waals surface area contributed by atoms with Gasteiger partial charge in [-0.15, -0.1) is 0 Å². The molecular weight excluding hydrogens is 250 g/mol. The summed E-state index contributed by atoms with van der Waals surface area (Å²) < 4.78 is 0. The third-order valence-electron chi connectivity index (χ3n) is 3.70. The summed E-state index contributed by atoms with van der Waals surface area (Å²) in [5.41, 5.74) is 1.19. The van der Waals surface area contributed by atoms with Crippen molar-refractivity contribution < 1.29 is 4.79 Å². The van der Waals surface area contributed by atoms with Gasteiger partial charge in [0.05, 0.1) is 6.04 Å². The third-order valence-corrected chi connectivity index (χ3v) is 3.70. The van der Waals surface area contributed by atoms with E-state index in [0.717, 1.165) is 32.5 Å². The first kappa shape index (κ1) is 15.0. The number of hydrogen-bond acceptors (Lipinski definition) is 3. The first-order valence-electron chi connectivity index (χ1n) is 7.37. The lowest BCUT2D eigenvalue weighted by Crippen LogP contribution is -2.45. The lowest BCUT2D eigenvalue weighted by atomic mass is 10.1. The fourth-order valence-electron chi connectivity index (χ4n) is 2.51. The van der Waals surface area contributed by atoms with Crippen molar-refractivity contribution in [1.29, 1.82) is 0 Å². The number of benzene rings is 1. The van der Waals surface area contributed by atoms with Gasteiger partial charge in [0.1, 0.15) is 0 Å². The topological polar surface area (TPSA) is 35.6 Å². The Kier molecular flexibility index (Phi) is 5.56. The second-order valence-corrected chi connectivity index (χ2v) is 5.70. The number of likely N-dealkylation sites (N-methyl/N-ethyl adjacent to an activating group) is 1. The van der Waals surface area contributed by atoms with Crippen LogP contribution in [0.3, 0.4) is 0 Å². The fourth-order valence-corrected chi connectivity index (χ4v) is 2.51. The van der Waals surface area contributed by atoms with E-state index in [1.54, 1.807) is 0 Å². The molecule has 1 heterocycles. The Morgan fingerprint density at radius 2 is 2.00 bits per heavy atom. The Morgan fingerprint density at radius 3 is 2.60 bits per heavy atom.